The Kier molecular flexibility index (Phi) is 5.02. The van der Waals surface area contributed by atoms with Gasteiger partial charge in [0.1, 0.15) is 5.75 Å². The normalized spacial score (nSPS) is 11.6. The molecule has 0 spiro atoms. The average Bonchev–Trinajstić information content (AvgIpc) is 3.00. The summed E-state index contributed by atoms with van der Waals surface area (Å²) >= 11 is 0. The van der Waals surface area contributed by atoms with Crippen LogP contribution in [0.5, 0.6) is 23.1 Å². The van der Waals surface area contributed by atoms with Crippen LogP contribution in [0.2, 0.25) is 0 Å². The lowest BCUT2D eigenvalue weighted by molar-refractivity contribution is 0.356. The van der Waals surface area contributed by atoms with Gasteiger partial charge in [0.05, 0.1) is 43.8 Å². The minimum atomic E-state index is 0.0735. The van der Waals surface area contributed by atoms with Crippen molar-refractivity contribution >= 4 is 22.3 Å². The first-order valence-electron chi connectivity index (χ1n) is 8.29. The summed E-state index contributed by atoms with van der Waals surface area (Å²) in [6.07, 6.45) is 0.654. The molecule has 0 fully saturated rings. The summed E-state index contributed by atoms with van der Waals surface area (Å²) in [4.78, 5) is 7.70. The van der Waals surface area contributed by atoms with E-state index in [0.717, 1.165) is 28.1 Å². The number of aromatic hydroxyl groups is 1. The number of aromatic nitrogens is 1. The fourth-order valence-corrected chi connectivity index (χ4v) is 2.92. The van der Waals surface area contributed by atoms with E-state index in [0.29, 0.717) is 23.5 Å². The number of nitrogens with zero attached hydrogens (tertiary/aromatic N) is 1. The van der Waals surface area contributed by atoms with Crippen LogP contribution in [0, 0.1) is 0 Å². The molecule has 3 aromatic rings. The molecule has 26 heavy (non-hydrogen) atoms. The summed E-state index contributed by atoms with van der Waals surface area (Å²) in [7, 11) is 4.79. The Balaban J connectivity index is 2.14. The van der Waals surface area contributed by atoms with Crippen molar-refractivity contribution in [3.8, 4) is 23.1 Å². The Bertz CT molecular complexity index is 943. The van der Waals surface area contributed by atoms with Gasteiger partial charge in [-0.15, -0.1) is 0 Å². The summed E-state index contributed by atoms with van der Waals surface area (Å²) in [6, 6.07) is 11.1. The maximum atomic E-state index is 10.5. The van der Waals surface area contributed by atoms with Gasteiger partial charge in [-0.2, -0.15) is 0 Å². The maximum Gasteiger partial charge on any atom is 0.198 e. The molecule has 0 unspecified atom stereocenters. The Hall–Kier alpha value is -3.15. The number of benzene rings is 2. The van der Waals surface area contributed by atoms with E-state index in [2.05, 4.69) is 4.98 Å². The molecule has 0 saturated heterocycles. The second-order valence-electron chi connectivity index (χ2n) is 5.71. The van der Waals surface area contributed by atoms with E-state index in [1.54, 1.807) is 27.4 Å². The average molecular weight is 354 g/mol. The molecular formula is C20H22N2O4. The first-order valence-corrected chi connectivity index (χ1v) is 8.29. The van der Waals surface area contributed by atoms with E-state index in [-0.39, 0.29) is 5.88 Å². The number of rotatable bonds is 6. The number of hydrogen-bond donors (Lipinski definition) is 2. The minimum Gasteiger partial charge on any atom is -0.497 e. The van der Waals surface area contributed by atoms with Gasteiger partial charge in [-0.1, -0.05) is 6.92 Å². The van der Waals surface area contributed by atoms with Gasteiger partial charge in [0.2, 0.25) is 0 Å². The molecule has 2 aromatic carbocycles. The lowest BCUT2D eigenvalue weighted by Gasteiger charge is -2.09. The summed E-state index contributed by atoms with van der Waals surface area (Å²) in [6.45, 7) is 2.00. The van der Waals surface area contributed by atoms with Crippen LogP contribution < -0.4 is 14.2 Å². The van der Waals surface area contributed by atoms with Gasteiger partial charge in [0, 0.05) is 11.5 Å². The molecule has 6 heteroatoms. The van der Waals surface area contributed by atoms with E-state index < -0.39 is 0 Å². The molecule has 6 nitrogen and oxygen atoms in total. The summed E-state index contributed by atoms with van der Waals surface area (Å²) in [5, 5.41) is 11.3. The van der Waals surface area contributed by atoms with Gasteiger partial charge < -0.3 is 24.3 Å². The summed E-state index contributed by atoms with van der Waals surface area (Å²) < 4.78 is 15.9. The van der Waals surface area contributed by atoms with Crippen molar-refractivity contribution in [1.82, 2.24) is 4.98 Å². The highest BCUT2D eigenvalue weighted by Gasteiger charge is 2.18. The van der Waals surface area contributed by atoms with Crippen LogP contribution in [-0.4, -0.2) is 37.1 Å². The molecule has 0 saturated carbocycles. The number of hydrogen-bond acceptors (Lipinski definition) is 5. The topological polar surface area (TPSA) is 76.1 Å². The number of fused-ring (bicyclic) bond motifs is 1. The van der Waals surface area contributed by atoms with Crippen molar-refractivity contribution in [1.29, 1.82) is 0 Å². The zero-order chi connectivity index (χ0) is 18.7. The second kappa shape index (κ2) is 7.39. The van der Waals surface area contributed by atoms with Crippen molar-refractivity contribution in [2.24, 2.45) is 4.99 Å². The summed E-state index contributed by atoms with van der Waals surface area (Å²) in [5.41, 5.74) is 2.98. The standard InChI is InChI=1S/C20H22N2O4/c1-5-15(21-12-6-8-13(24-2)9-7-12)19-14-10-17(25-3)18(26-4)11-16(14)22-20(19)23/h6-11,22-23H,5H2,1-4H3. The third kappa shape index (κ3) is 3.18. The molecule has 1 aromatic heterocycles. The highest BCUT2D eigenvalue weighted by atomic mass is 16.5. The predicted octanol–water partition coefficient (Wildman–Crippen LogP) is 4.43. The Morgan fingerprint density at radius 2 is 1.65 bits per heavy atom. The Labute approximate surface area is 152 Å². The van der Waals surface area contributed by atoms with Crippen LogP contribution in [0.4, 0.5) is 5.69 Å². The van der Waals surface area contributed by atoms with Gasteiger partial charge in [0.25, 0.3) is 0 Å². The quantitative estimate of drug-likeness (QED) is 0.642. The highest BCUT2D eigenvalue weighted by molar-refractivity contribution is 6.14. The molecule has 0 atom stereocenters. The molecule has 0 radical (unpaired) electrons. The van der Waals surface area contributed by atoms with Crippen molar-refractivity contribution in [3.63, 3.8) is 0 Å². The van der Waals surface area contributed by atoms with E-state index in [1.807, 2.05) is 37.3 Å². The van der Waals surface area contributed by atoms with Crippen LogP contribution in [0.15, 0.2) is 41.4 Å². The monoisotopic (exact) mass is 354 g/mol. The lowest BCUT2D eigenvalue weighted by Crippen LogP contribution is -1.98. The zero-order valence-corrected chi connectivity index (χ0v) is 15.3. The van der Waals surface area contributed by atoms with E-state index in [9.17, 15) is 5.11 Å². The van der Waals surface area contributed by atoms with Crippen LogP contribution in [-0.2, 0) is 0 Å². The van der Waals surface area contributed by atoms with Gasteiger partial charge in [-0.25, -0.2) is 0 Å². The first-order chi connectivity index (χ1) is 12.6. The van der Waals surface area contributed by atoms with Crippen molar-refractivity contribution in [3.05, 3.63) is 42.0 Å². The van der Waals surface area contributed by atoms with Gasteiger partial charge in [-0.3, -0.25) is 4.99 Å². The van der Waals surface area contributed by atoms with Crippen molar-refractivity contribution < 1.29 is 19.3 Å². The largest absolute Gasteiger partial charge is 0.497 e. The molecule has 136 valence electrons. The molecule has 1 heterocycles. The molecule has 0 aliphatic heterocycles. The maximum absolute atomic E-state index is 10.5. The number of aliphatic imine (C=N–C) groups is 1. The van der Waals surface area contributed by atoms with E-state index in [1.165, 1.54) is 0 Å². The third-order valence-electron chi connectivity index (χ3n) is 4.24. The third-order valence-corrected chi connectivity index (χ3v) is 4.24. The number of H-pyrrole nitrogens is 1. The number of ether oxygens (including phenoxy) is 3. The van der Waals surface area contributed by atoms with Gasteiger partial charge in [0.15, 0.2) is 17.4 Å². The fraction of sp³-hybridized carbons (Fsp3) is 0.250. The summed E-state index contributed by atoms with van der Waals surface area (Å²) in [5.74, 6) is 2.04. The van der Waals surface area contributed by atoms with Gasteiger partial charge in [-0.05, 0) is 36.8 Å². The van der Waals surface area contributed by atoms with E-state index >= 15 is 0 Å². The zero-order valence-electron chi connectivity index (χ0n) is 15.3. The smallest absolute Gasteiger partial charge is 0.198 e. The van der Waals surface area contributed by atoms with Crippen molar-refractivity contribution in [2.75, 3.05) is 21.3 Å². The van der Waals surface area contributed by atoms with Crippen LogP contribution in [0.3, 0.4) is 0 Å². The van der Waals surface area contributed by atoms with Crippen molar-refractivity contribution in [2.45, 2.75) is 13.3 Å². The molecule has 0 amide bonds. The molecule has 0 aliphatic carbocycles. The Morgan fingerprint density at radius 1 is 1.00 bits per heavy atom. The van der Waals surface area contributed by atoms with E-state index in [4.69, 9.17) is 19.2 Å². The van der Waals surface area contributed by atoms with Crippen LogP contribution >= 0.6 is 0 Å². The fourth-order valence-electron chi connectivity index (χ4n) is 2.92. The number of methoxy groups -OCH3 is 3. The Morgan fingerprint density at radius 3 is 2.23 bits per heavy atom. The van der Waals surface area contributed by atoms with Crippen LogP contribution in [0.25, 0.3) is 10.9 Å². The van der Waals surface area contributed by atoms with Crippen LogP contribution in [0.1, 0.15) is 18.9 Å². The lowest BCUT2D eigenvalue weighted by atomic mass is 10.1. The second-order valence-corrected chi connectivity index (χ2v) is 5.71. The SMILES string of the molecule is CCC(=Nc1ccc(OC)cc1)c1c(O)[nH]c2cc(OC)c(OC)cc12. The number of nitrogens with one attached hydrogen (secondary N) is 1. The predicted molar refractivity (Wildman–Crippen MR) is 103 cm³/mol. The molecule has 0 aliphatic rings. The van der Waals surface area contributed by atoms with Gasteiger partial charge >= 0.3 is 0 Å². The number of aromatic amines is 1. The molecule has 0 bridgehead atoms. The minimum absolute atomic E-state index is 0.0735. The molecule has 2 N–H and O–H groups in total. The molecule has 3 rings (SSSR count). The first kappa shape index (κ1) is 17.7. The highest BCUT2D eigenvalue weighted by Crippen LogP contribution is 2.37. The molecular weight excluding hydrogens is 332 g/mol.